The minimum absolute atomic E-state index is 0.0216. The summed E-state index contributed by atoms with van der Waals surface area (Å²) >= 11 is 2.81. The molecular weight excluding hydrogens is 356 g/mol. The lowest BCUT2D eigenvalue weighted by atomic mass is 10.2. The van der Waals surface area contributed by atoms with E-state index in [9.17, 15) is 26.3 Å². The molecule has 0 atom stereocenters. The number of halogens is 7. The summed E-state index contributed by atoms with van der Waals surface area (Å²) in [7, 11) is 0. The number of anilines is 1. The van der Waals surface area contributed by atoms with Crippen LogP contribution in [-0.4, -0.2) is 30.8 Å². The molecule has 0 bridgehead atoms. The first-order valence-electron chi connectivity index (χ1n) is 5.29. The van der Waals surface area contributed by atoms with Crippen molar-refractivity contribution in [2.24, 2.45) is 5.73 Å². The van der Waals surface area contributed by atoms with Crippen LogP contribution in [0.25, 0.3) is 0 Å². The predicted octanol–water partition coefficient (Wildman–Crippen LogP) is 3.19. The molecule has 3 nitrogen and oxygen atoms in total. The summed E-state index contributed by atoms with van der Waals surface area (Å²) in [5.41, 5.74) is 3.90. The molecular formula is C10H10BrF6N3. The normalized spacial score (nSPS) is 12.6. The Hall–Kier alpha value is -1.03. The van der Waals surface area contributed by atoms with Crippen molar-refractivity contribution in [2.45, 2.75) is 12.4 Å². The molecule has 0 saturated heterocycles. The van der Waals surface area contributed by atoms with Gasteiger partial charge in [-0.25, -0.2) is 4.98 Å². The van der Waals surface area contributed by atoms with Gasteiger partial charge in [-0.15, -0.1) is 0 Å². The highest BCUT2D eigenvalue weighted by molar-refractivity contribution is 9.10. The quantitative estimate of drug-likeness (QED) is 0.833. The molecule has 114 valence electrons. The Morgan fingerprint density at radius 3 is 2.25 bits per heavy atom. The molecule has 0 unspecified atom stereocenters. The van der Waals surface area contributed by atoms with Crippen LogP contribution >= 0.6 is 15.9 Å². The summed E-state index contributed by atoms with van der Waals surface area (Å²) in [6.45, 7) is -2.18. The van der Waals surface area contributed by atoms with E-state index in [1.54, 1.807) is 0 Å². The Morgan fingerprint density at radius 2 is 1.80 bits per heavy atom. The number of pyridine rings is 1. The Kier molecular flexibility index (Phi) is 5.25. The van der Waals surface area contributed by atoms with Gasteiger partial charge in [-0.3, -0.25) is 0 Å². The lowest BCUT2D eigenvalue weighted by molar-refractivity contribution is -0.138. The van der Waals surface area contributed by atoms with Crippen LogP contribution in [0.3, 0.4) is 0 Å². The number of aromatic nitrogens is 1. The van der Waals surface area contributed by atoms with Crippen molar-refractivity contribution in [3.63, 3.8) is 0 Å². The van der Waals surface area contributed by atoms with Gasteiger partial charge in [0.05, 0.1) is 5.56 Å². The van der Waals surface area contributed by atoms with E-state index in [0.717, 1.165) is 6.20 Å². The van der Waals surface area contributed by atoms with E-state index in [1.807, 2.05) is 0 Å². The van der Waals surface area contributed by atoms with Crippen LogP contribution in [0.4, 0.5) is 32.2 Å². The maximum Gasteiger partial charge on any atom is 0.419 e. The Morgan fingerprint density at radius 1 is 1.20 bits per heavy atom. The predicted molar refractivity (Wildman–Crippen MR) is 64.3 cm³/mol. The number of hydrogen-bond donors (Lipinski definition) is 1. The van der Waals surface area contributed by atoms with Crippen molar-refractivity contribution in [1.82, 2.24) is 4.98 Å². The van der Waals surface area contributed by atoms with Gasteiger partial charge in [0.2, 0.25) is 0 Å². The van der Waals surface area contributed by atoms with Crippen LogP contribution in [0, 0.1) is 0 Å². The molecule has 1 heterocycles. The highest BCUT2D eigenvalue weighted by Gasteiger charge is 2.39. The third-order valence-electron chi connectivity index (χ3n) is 2.21. The van der Waals surface area contributed by atoms with E-state index in [0.29, 0.717) is 11.0 Å². The van der Waals surface area contributed by atoms with E-state index < -0.39 is 36.8 Å². The highest BCUT2D eigenvalue weighted by Crippen LogP contribution is 2.37. The molecule has 0 saturated carbocycles. The smallest absolute Gasteiger partial charge is 0.346 e. The molecule has 20 heavy (non-hydrogen) atoms. The zero-order valence-electron chi connectivity index (χ0n) is 9.89. The SMILES string of the molecule is NCCN(CC(F)(F)F)c1ncc(Br)cc1C(F)(F)F. The lowest BCUT2D eigenvalue weighted by Gasteiger charge is -2.27. The molecule has 0 spiro atoms. The van der Waals surface area contributed by atoms with Crippen molar-refractivity contribution in [3.05, 3.63) is 22.3 Å². The van der Waals surface area contributed by atoms with Crippen LogP contribution in [0.1, 0.15) is 5.56 Å². The molecule has 0 aliphatic heterocycles. The minimum Gasteiger partial charge on any atom is -0.346 e. The monoisotopic (exact) mass is 365 g/mol. The van der Waals surface area contributed by atoms with Crippen molar-refractivity contribution < 1.29 is 26.3 Å². The second-order valence-electron chi connectivity index (χ2n) is 3.85. The molecule has 0 aliphatic carbocycles. The van der Waals surface area contributed by atoms with Gasteiger partial charge < -0.3 is 10.6 Å². The van der Waals surface area contributed by atoms with Crippen molar-refractivity contribution >= 4 is 21.7 Å². The fourth-order valence-electron chi connectivity index (χ4n) is 1.52. The van der Waals surface area contributed by atoms with Crippen LogP contribution in [-0.2, 0) is 6.18 Å². The molecule has 10 heteroatoms. The van der Waals surface area contributed by atoms with Gasteiger partial charge in [0.25, 0.3) is 0 Å². The largest absolute Gasteiger partial charge is 0.419 e. The number of nitrogens with two attached hydrogens (primary N) is 1. The first-order valence-corrected chi connectivity index (χ1v) is 6.08. The summed E-state index contributed by atoms with van der Waals surface area (Å²) < 4.78 is 75.9. The summed E-state index contributed by atoms with van der Waals surface area (Å²) in [4.78, 5) is 3.92. The van der Waals surface area contributed by atoms with E-state index >= 15 is 0 Å². The third kappa shape index (κ3) is 4.82. The van der Waals surface area contributed by atoms with Crippen LogP contribution in [0.15, 0.2) is 16.7 Å². The average Bonchev–Trinajstić information content (AvgIpc) is 2.25. The average molecular weight is 366 g/mol. The zero-order valence-corrected chi connectivity index (χ0v) is 11.5. The summed E-state index contributed by atoms with van der Waals surface area (Å²) in [5.74, 6) is -0.788. The van der Waals surface area contributed by atoms with Gasteiger partial charge in [0.1, 0.15) is 12.4 Å². The molecule has 0 fully saturated rings. The molecule has 0 aromatic carbocycles. The molecule has 1 aromatic rings. The number of rotatable bonds is 4. The van der Waals surface area contributed by atoms with E-state index in [4.69, 9.17) is 5.73 Å². The van der Waals surface area contributed by atoms with E-state index in [1.165, 1.54) is 0 Å². The van der Waals surface area contributed by atoms with Gasteiger partial charge in [-0.05, 0) is 22.0 Å². The maximum atomic E-state index is 12.9. The van der Waals surface area contributed by atoms with Gasteiger partial charge in [-0.2, -0.15) is 26.3 Å². The molecule has 1 aromatic heterocycles. The number of nitrogens with zero attached hydrogens (tertiary/aromatic N) is 2. The Balaban J connectivity index is 3.26. The topological polar surface area (TPSA) is 42.1 Å². The second kappa shape index (κ2) is 6.17. The van der Waals surface area contributed by atoms with Crippen molar-refractivity contribution in [1.29, 1.82) is 0 Å². The van der Waals surface area contributed by atoms with Gasteiger partial charge >= 0.3 is 12.4 Å². The van der Waals surface area contributed by atoms with Crippen LogP contribution in [0.5, 0.6) is 0 Å². The summed E-state index contributed by atoms with van der Waals surface area (Å²) in [5, 5.41) is 0. The minimum atomic E-state index is -4.81. The number of hydrogen-bond acceptors (Lipinski definition) is 3. The Labute approximate surface area is 118 Å². The van der Waals surface area contributed by atoms with E-state index in [-0.39, 0.29) is 11.0 Å². The molecule has 0 amide bonds. The van der Waals surface area contributed by atoms with Crippen LogP contribution in [0.2, 0.25) is 0 Å². The molecule has 0 aliphatic rings. The van der Waals surface area contributed by atoms with Crippen molar-refractivity contribution in [2.75, 3.05) is 24.5 Å². The highest BCUT2D eigenvalue weighted by atomic mass is 79.9. The first-order chi connectivity index (χ1) is 9.04. The molecule has 1 rings (SSSR count). The standard InChI is InChI=1S/C10H10BrF6N3/c11-6-3-7(10(15,16)17)8(19-4-6)20(2-1-18)5-9(12,13)14/h3-4H,1-2,5,18H2. The van der Waals surface area contributed by atoms with Gasteiger partial charge in [0, 0.05) is 23.8 Å². The van der Waals surface area contributed by atoms with Gasteiger partial charge in [0.15, 0.2) is 0 Å². The van der Waals surface area contributed by atoms with Gasteiger partial charge in [-0.1, -0.05) is 0 Å². The maximum absolute atomic E-state index is 12.9. The summed E-state index contributed by atoms with van der Waals surface area (Å²) in [6.07, 6.45) is -8.47. The molecule has 0 radical (unpaired) electrons. The second-order valence-corrected chi connectivity index (χ2v) is 4.76. The van der Waals surface area contributed by atoms with Crippen LogP contribution < -0.4 is 10.6 Å². The zero-order chi connectivity index (χ0) is 15.6. The molecule has 2 N–H and O–H groups in total. The Bertz CT molecular complexity index is 459. The lowest BCUT2D eigenvalue weighted by Crippen LogP contribution is -2.39. The van der Waals surface area contributed by atoms with Crippen molar-refractivity contribution in [3.8, 4) is 0 Å². The third-order valence-corrected chi connectivity index (χ3v) is 2.64. The van der Waals surface area contributed by atoms with E-state index in [2.05, 4.69) is 20.9 Å². The first kappa shape index (κ1) is 17.0. The fourth-order valence-corrected chi connectivity index (χ4v) is 1.86. The number of alkyl halides is 6. The fraction of sp³-hybridized carbons (Fsp3) is 0.500. The summed E-state index contributed by atoms with van der Waals surface area (Å²) in [6, 6.07) is 0.683.